The number of hydrogen-bond acceptors (Lipinski definition) is 4. The van der Waals surface area contributed by atoms with Crippen LogP contribution in [0.4, 0.5) is 0 Å². The van der Waals surface area contributed by atoms with Gasteiger partial charge in [-0.2, -0.15) is 0 Å². The molecule has 0 spiro atoms. The summed E-state index contributed by atoms with van der Waals surface area (Å²) in [6, 6.07) is 0. The van der Waals surface area contributed by atoms with Crippen LogP contribution in [0, 0.1) is 0 Å². The lowest BCUT2D eigenvalue weighted by molar-refractivity contribution is -0.123. The van der Waals surface area contributed by atoms with Crippen molar-refractivity contribution in [3.8, 4) is 0 Å². The number of Topliss-reactive ketones (excluding diaryl/α,β-unsaturated/α-hetero) is 1. The standard InChI is InChI=1S/C6H12O4/c7-2-1-5(9)3-6(10)4-8/h5,7-9H,1-4H2/t5-/m1/s1. The molecule has 0 amide bonds. The van der Waals surface area contributed by atoms with E-state index in [2.05, 4.69) is 0 Å². The highest BCUT2D eigenvalue weighted by molar-refractivity contribution is 5.79. The van der Waals surface area contributed by atoms with Gasteiger partial charge < -0.3 is 15.3 Å². The maximum atomic E-state index is 10.4. The van der Waals surface area contributed by atoms with Crippen LogP contribution in [0.1, 0.15) is 12.8 Å². The van der Waals surface area contributed by atoms with E-state index in [1.54, 1.807) is 0 Å². The van der Waals surface area contributed by atoms with Gasteiger partial charge in [-0.3, -0.25) is 4.79 Å². The summed E-state index contributed by atoms with van der Waals surface area (Å²) < 4.78 is 0. The van der Waals surface area contributed by atoms with Gasteiger partial charge in [-0.25, -0.2) is 0 Å². The zero-order valence-electron chi connectivity index (χ0n) is 5.66. The lowest BCUT2D eigenvalue weighted by Crippen LogP contribution is -2.16. The maximum absolute atomic E-state index is 10.4. The summed E-state index contributed by atoms with van der Waals surface area (Å²) in [4.78, 5) is 10.4. The van der Waals surface area contributed by atoms with Crippen LogP contribution in [0.5, 0.6) is 0 Å². The molecular formula is C6H12O4. The molecule has 0 saturated carbocycles. The zero-order chi connectivity index (χ0) is 7.98. The first-order chi connectivity index (χ1) is 4.70. The number of ketones is 1. The summed E-state index contributed by atoms with van der Waals surface area (Å²) in [5, 5.41) is 25.4. The molecule has 10 heavy (non-hydrogen) atoms. The second-order valence-electron chi connectivity index (χ2n) is 2.07. The smallest absolute Gasteiger partial charge is 0.160 e. The highest BCUT2D eigenvalue weighted by atomic mass is 16.3. The molecule has 3 N–H and O–H groups in total. The molecule has 4 nitrogen and oxygen atoms in total. The zero-order valence-corrected chi connectivity index (χ0v) is 5.66. The van der Waals surface area contributed by atoms with Crippen LogP contribution >= 0.6 is 0 Å². The second kappa shape index (κ2) is 5.34. The van der Waals surface area contributed by atoms with Gasteiger partial charge in [0.05, 0.1) is 6.10 Å². The van der Waals surface area contributed by atoms with E-state index in [1.807, 2.05) is 0 Å². The van der Waals surface area contributed by atoms with Crippen LogP contribution < -0.4 is 0 Å². The molecule has 0 aliphatic heterocycles. The Morgan fingerprint density at radius 2 is 2.00 bits per heavy atom. The number of aliphatic hydroxyl groups excluding tert-OH is 3. The molecule has 1 atom stereocenters. The van der Waals surface area contributed by atoms with E-state index in [9.17, 15) is 4.79 Å². The fourth-order valence-corrected chi connectivity index (χ4v) is 0.578. The summed E-state index contributed by atoms with van der Waals surface area (Å²) in [5.41, 5.74) is 0. The van der Waals surface area contributed by atoms with Crippen LogP contribution in [-0.4, -0.2) is 40.4 Å². The van der Waals surface area contributed by atoms with Crippen molar-refractivity contribution in [1.82, 2.24) is 0 Å². The Hall–Kier alpha value is -0.450. The van der Waals surface area contributed by atoms with Crippen molar-refractivity contribution >= 4 is 5.78 Å². The predicted octanol–water partition coefficient (Wildman–Crippen LogP) is -1.32. The molecule has 0 fully saturated rings. The fraction of sp³-hybridized carbons (Fsp3) is 0.833. The molecule has 0 saturated heterocycles. The van der Waals surface area contributed by atoms with Gasteiger partial charge >= 0.3 is 0 Å². The normalized spacial score (nSPS) is 13.1. The summed E-state index contributed by atoms with van der Waals surface area (Å²) in [5.74, 6) is -0.402. The van der Waals surface area contributed by atoms with Gasteiger partial charge in [-0.1, -0.05) is 0 Å². The largest absolute Gasteiger partial charge is 0.396 e. The summed E-state index contributed by atoms with van der Waals surface area (Å²) in [6.45, 7) is -0.678. The Morgan fingerprint density at radius 1 is 1.40 bits per heavy atom. The Balaban J connectivity index is 3.37. The van der Waals surface area contributed by atoms with E-state index in [1.165, 1.54) is 0 Å². The van der Waals surface area contributed by atoms with Gasteiger partial charge in [0.15, 0.2) is 5.78 Å². The predicted molar refractivity (Wildman–Crippen MR) is 34.4 cm³/mol. The number of rotatable bonds is 5. The van der Waals surface area contributed by atoms with Crippen LogP contribution in [0.25, 0.3) is 0 Å². The first kappa shape index (κ1) is 9.55. The van der Waals surface area contributed by atoms with E-state index in [0.29, 0.717) is 0 Å². The van der Waals surface area contributed by atoms with Gasteiger partial charge in [-0.05, 0) is 6.42 Å². The van der Waals surface area contributed by atoms with Crippen LogP contribution in [-0.2, 0) is 4.79 Å². The van der Waals surface area contributed by atoms with Crippen LogP contribution in [0.3, 0.4) is 0 Å². The molecule has 4 heteroatoms. The molecule has 0 aliphatic carbocycles. The van der Waals surface area contributed by atoms with Crippen molar-refractivity contribution in [2.45, 2.75) is 18.9 Å². The average molecular weight is 148 g/mol. The van der Waals surface area contributed by atoms with Crippen molar-refractivity contribution < 1.29 is 20.1 Å². The molecular weight excluding hydrogens is 136 g/mol. The molecule has 0 rings (SSSR count). The third-order valence-corrected chi connectivity index (χ3v) is 1.10. The van der Waals surface area contributed by atoms with Gasteiger partial charge in [-0.15, -0.1) is 0 Å². The van der Waals surface area contributed by atoms with Crippen LogP contribution in [0.15, 0.2) is 0 Å². The Kier molecular flexibility index (Phi) is 5.10. The quantitative estimate of drug-likeness (QED) is 0.452. The number of carbonyl (C=O) groups is 1. The van der Waals surface area contributed by atoms with Crippen LogP contribution in [0.2, 0.25) is 0 Å². The number of carbonyl (C=O) groups excluding carboxylic acids is 1. The minimum Gasteiger partial charge on any atom is -0.396 e. The fourth-order valence-electron chi connectivity index (χ4n) is 0.578. The minimum absolute atomic E-state index is 0.0724. The molecule has 0 unspecified atom stereocenters. The summed E-state index contributed by atoms with van der Waals surface area (Å²) in [7, 11) is 0. The van der Waals surface area contributed by atoms with Gasteiger partial charge in [0.1, 0.15) is 6.61 Å². The number of hydrogen-bond donors (Lipinski definition) is 3. The molecule has 0 aromatic rings. The van der Waals surface area contributed by atoms with Crippen molar-refractivity contribution in [1.29, 1.82) is 0 Å². The minimum atomic E-state index is -0.815. The molecule has 0 radical (unpaired) electrons. The Morgan fingerprint density at radius 3 is 2.40 bits per heavy atom. The van der Waals surface area contributed by atoms with Crippen molar-refractivity contribution in [2.24, 2.45) is 0 Å². The van der Waals surface area contributed by atoms with Gasteiger partial charge in [0, 0.05) is 13.0 Å². The van der Waals surface area contributed by atoms with Crippen molar-refractivity contribution in [3.63, 3.8) is 0 Å². The number of aliphatic hydroxyl groups is 3. The first-order valence-corrected chi connectivity index (χ1v) is 3.12. The summed E-state index contributed by atoms with van der Waals surface area (Å²) >= 11 is 0. The topological polar surface area (TPSA) is 77.8 Å². The third-order valence-electron chi connectivity index (χ3n) is 1.10. The molecule has 0 heterocycles. The molecule has 0 aliphatic rings. The third kappa shape index (κ3) is 4.43. The lowest BCUT2D eigenvalue weighted by Gasteiger charge is -2.04. The van der Waals surface area contributed by atoms with E-state index < -0.39 is 18.5 Å². The Bertz CT molecular complexity index is 102. The van der Waals surface area contributed by atoms with Gasteiger partial charge in [0.2, 0.25) is 0 Å². The molecule has 60 valence electrons. The summed E-state index contributed by atoms with van der Waals surface area (Å²) in [6.07, 6.45) is -0.701. The SMILES string of the molecule is O=C(CO)C[C@H](O)CCO. The van der Waals surface area contributed by atoms with Gasteiger partial charge in [0.25, 0.3) is 0 Å². The van der Waals surface area contributed by atoms with Crippen molar-refractivity contribution in [3.05, 3.63) is 0 Å². The van der Waals surface area contributed by atoms with E-state index in [-0.39, 0.29) is 19.4 Å². The Labute approximate surface area is 59.1 Å². The van der Waals surface area contributed by atoms with E-state index in [4.69, 9.17) is 15.3 Å². The molecule has 0 aromatic carbocycles. The lowest BCUT2D eigenvalue weighted by atomic mass is 10.1. The molecule has 0 aromatic heterocycles. The highest BCUT2D eigenvalue weighted by Crippen LogP contribution is 1.96. The van der Waals surface area contributed by atoms with E-state index >= 15 is 0 Å². The maximum Gasteiger partial charge on any atom is 0.160 e. The highest BCUT2D eigenvalue weighted by Gasteiger charge is 2.08. The monoisotopic (exact) mass is 148 g/mol. The first-order valence-electron chi connectivity index (χ1n) is 3.12. The second-order valence-corrected chi connectivity index (χ2v) is 2.07. The van der Waals surface area contributed by atoms with Crippen molar-refractivity contribution in [2.75, 3.05) is 13.2 Å². The average Bonchev–Trinajstić information content (AvgIpc) is 1.88. The molecule has 0 bridgehead atoms. The van der Waals surface area contributed by atoms with E-state index in [0.717, 1.165) is 0 Å².